The van der Waals surface area contributed by atoms with Gasteiger partial charge in [-0.25, -0.2) is 0 Å². The zero-order valence-corrected chi connectivity index (χ0v) is 20.7. The maximum atomic E-state index is 13.3. The lowest BCUT2D eigenvalue weighted by molar-refractivity contribution is -0.143. The molecule has 0 atom stereocenters. The summed E-state index contributed by atoms with van der Waals surface area (Å²) in [6.45, 7) is 0. The molecule has 6 aromatic rings. The van der Waals surface area contributed by atoms with Gasteiger partial charge in [-0.1, -0.05) is 72.8 Å². The van der Waals surface area contributed by atoms with Crippen LogP contribution in [0.1, 0.15) is 11.1 Å². The summed E-state index contributed by atoms with van der Waals surface area (Å²) in [5.41, 5.74) is 1.06. The molecule has 40 heavy (non-hydrogen) atoms. The summed E-state index contributed by atoms with van der Waals surface area (Å²) < 4.78 is 80.0. The van der Waals surface area contributed by atoms with Gasteiger partial charge in [-0.2, -0.15) is 26.3 Å². The summed E-state index contributed by atoms with van der Waals surface area (Å²) in [6, 6.07) is 30.1. The molecule has 0 unspecified atom stereocenters. The number of halogens is 6. The van der Waals surface area contributed by atoms with Gasteiger partial charge in [0, 0.05) is 17.3 Å². The SMILES string of the molecule is FC(F)(F)c1cc(-c2ccc3cc(-c4ccc(-c5cccc6ccccc56)nc4)ccc3c2)cc(C(F)(F)F)c1. The third-order valence-corrected chi connectivity index (χ3v) is 6.92. The van der Waals surface area contributed by atoms with Gasteiger partial charge in [0.15, 0.2) is 0 Å². The highest BCUT2D eigenvalue weighted by Crippen LogP contribution is 2.39. The van der Waals surface area contributed by atoms with Crippen LogP contribution in [0.25, 0.3) is 55.1 Å². The highest BCUT2D eigenvalue weighted by molar-refractivity contribution is 5.96. The number of benzene rings is 5. The third kappa shape index (κ3) is 4.91. The van der Waals surface area contributed by atoms with E-state index < -0.39 is 23.5 Å². The van der Waals surface area contributed by atoms with E-state index in [-0.39, 0.29) is 17.2 Å². The zero-order valence-electron chi connectivity index (χ0n) is 20.7. The van der Waals surface area contributed by atoms with E-state index in [2.05, 4.69) is 23.2 Å². The molecular weight excluding hydrogens is 524 g/mol. The van der Waals surface area contributed by atoms with Gasteiger partial charge >= 0.3 is 12.4 Å². The second-order valence-corrected chi connectivity index (χ2v) is 9.53. The van der Waals surface area contributed by atoms with E-state index in [9.17, 15) is 26.3 Å². The molecule has 0 amide bonds. The molecule has 1 nitrogen and oxygen atoms in total. The molecule has 0 aliphatic carbocycles. The van der Waals surface area contributed by atoms with Gasteiger partial charge in [0.2, 0.25) is 0 Å². The van der Waals surface area contributed by atoms with Crippen molar-refractivity contribution in [1.82, 2.24) is 4.98 Å². The van der Waals surface area contributed by atoms with Crippen LogP contribution < -0.4 is 0 Å². The van der Waals surface area contributed by atoms with Crippen molar-refractivity contribution >= 4 is 21.5 Å². The van der Waals surface area contributed by atoms with E-state index in [1.807, 2.05) is 48.5 Å². The molecule has 0 radical (unpaired) electrons. The Morgan fingerprint density at radius 1 is 0.450 bits per heavy atom. The Bertz CT molecular complexity index is 1830. The van der Waals surface area contributed by atoms with Crippen molar-refractivity contribution in [2.24, 2.45) is 0 Å². The second kappa shape index (κ2) is 9.52. The Balaban J connectivity index is 1.34. The van der Waals surface area contributed by atoms with Crippen LogP contribution in [-0.2, 0) is 12.4 Å². The van der Waals surface area contributed by atoms with Gasteiger partial charge in [0.1, 0.15) is 0 Å². The molecule has 0 saturated carbocycles. The largest absolute Gasteiger partial charge is 0.416 e. The molecule has 1 heterocycles. The Hall–Kier alpha value is -4.65. The van der Waals surface area contributed by atoms with Crippen LogP contribution >= 0.6 is 0 Å². The van der Waals surface area contributed by atoms with Crippen molar-refractivity contribution < 1.29 is 26.3 Å². The molecule has 0 fully saturated rings. The first kappa shape index (κ1) is 25.6. The number of nitrogens with zero attached hydrogens (tertiary/aromatic N) is 1. The van der Waals surface area contributed by atoms with E-state index in [0.29, 0.717) is 5.39 Å². The van der Waals surface area contributed by atoms with Crippen LogP contribution in [0.5, 0.6) is 0 Å². The summed E-state index contributed by atoms with van der Waals surface area (Å²) >= 11 is 0. The maximum absolute atomic E-state index is 13.3. The van der Waals surface area contributed by atoms with Gasteiger partial charge in [-0.05, 0) is 74.6 Å². The molecular formula is C33H19F6N. The summed E-state index contributed by atoms with van der Waals surface area (Å²) in [6.07, 6.45) is -8.02. The molecule has 0 N–H and O–H groups in total. The highest BCUT2D eigenvalue weighted by Gasteiger charge is 2.37. The van der Waals surface area contributed by atoms with Crippen LogP contribution in [0.3, 0.4) is 0 Å². The fraction of sp³-hybridized carbons (Fsp3) is 0.0606. The van der Waals surface area contributed by atoms with E-state index >= 15 is 0 Å². The van der Waals surface area contributed by atoms with Crippen LogP contribution in [-0.4, -0.2) is 4.98 Å². The molecule has 0 aliphatic rings. The first-order chi connectivity index (χ1) is 19.1. The fourth-order valence-electron chi connectivity index (χ4n) is 4.90. The first-order valence-electron chi connectivity index (χ1n) is 12.3. The summed E-state index contributed by atoms with van der Waals surface area (Å²) in [5.74, 6) is 0. The van der Waals surface area contributed by atoms with Crippen molar-refractivity contribution in [2.45, 2.75) is 12.4 Å². The normalized spacial score (nSPS) is 12.2. The van der Waals surface area contributed by atoms with Crippen LogP contribution in [0.2, 0.25) is 0 Å². The van der Waals surface area contributed by atoms with Gasteiger partial charge in [-0.3, -0.25) is 4.98 Å². The van der Waals surface area contributed by atoms with Gasteiger partial charge in [-0.15, -0.1) is 0 Å². The number of hydrogen-bond acceptors (Lipinski definition) is 1. The first-order valence-corrected chi connectivity index (χ1v) is 12.3. The van der Waals surface area contributed by atoms with E-state index in [1.165, 1.54) is 6.07 Å². The number of hydrogen-bond donors (Lipinski definition) is 0. The average molecular weight is 544 g/mol. The summed E-state index contributed by atoms with van der Waals surface area (Å²) in [4.78, 5) is 4.68. The fourth-order valence-corrected chi connectivity index (χ4v) is 4.90. The number of alkyl halides is 6. The summed E-state index contributed by atoms with van der Waals surface area (Å²) in [5, 5.41) is 3.71. The van der Waals surface area contributed by atoms with Crippen LogP contribution in [0, 0.1) is 0 Å². The topological polar surface area (TPSA) is 12.9 Å². The number of pyridine rings is 1. The molecule has 5 aromatic carbocycles. The van der Waals surface area contributed by atoms with Gasteiger partial charge < -0.3 is 0 Å². The number of aromatic nitrogens is 1. The standard InChI is InChI=1S/C33H19F6N/c34-32(35,36)27-16-26(17-28(18-27)33(37,38)39)24-11-9-21-14-23(10-8-22(21)15-24)25-12-13-31(40-19-25)30-7-3-5-20-4-1-2-6-29(20)30/h1-19H. The molecule has 0 saturated heterocycles. The van der Waals surface area contributed by atoms with Gasteiger partial charge in [0.25, 0.3) is 0 Å². The molecule has 0 spiro atoms. The van der Waals surface area contributed by atoms with Crippen molar-refractivity contribution in [2.75, 3.05) is 0 Å². The molecule has 6 rings (SSSR count). The average Bonchev–Trinajstić information content (AvgIpc) is 2.95. The Morgan fingerprint density at radius 2 is 1.02 bits per heavy atom. The number of fused-ring (bicyclic) bond motifs is 2. The maximum Gasteiger partial charge on any atom is 0.416 e. The van der Waals surface area contributed by atoms with Crippen LogP contribution in [0.4, 0.5) is 26.3 Å². The minimum absolute atomic E-state index is 0.135. The Morgan fingerprint density at radius 3 is 1.62 bits per heavy atom. The quantitative estimate of drug-likeness (QED) is 0.202. The van der Waals surface area contributed by atoms with Crippen molar-refractivity contribution in [3.63, 3.8) is 0 Å². The second-order valence-electron chi connectivity index (χ2n) is 9.53. The predicted molar refractivity (Wildman–Crippen MR) is 146 cm³/mol. The smallest absolute Gasteiger partial charge is 0.256 e. The van der Waals surface area contributed by atoms with Crippen molar-refractivity contribution in [3.8, 4) is 33.5 Å². The van der Waals surface area contributed by atoms with Crippen LogP contribution in [0.15, 0.2) is 115 Å². The molecule has 0 bridgehead atoms. The molecule has 7 heteroatoms. The van der Waals surface area contributed by atoms with Crippen molar-refractivity contribution in [1.29, 1.82) is 0 Å². The monoisotopic (exact) mass is 543 g/mol. The third-order valence-electron chi connectivity index (χ3n) is 6.92. The lowest BCUT2D eigenvalue weighted by atomic mass is 9.95. The highest BCUT2D eigenvalue weighted by atomic mass is 19.4. The van der Waals surface area contributed by atoms with E-state index in [0.717, 1.165) is 50.7 Å². The minimum Gasteiger partial charge on any atom is -0.256 e. The number of rotatable bonds is 3. The van der Waals surface area contributed by atoms with E-state index in [4.69, 9.17) is 0 Å². The van der Waals surface area contributed by atoms with Gasteiger partial charge in [0.05, 0.1) is 16.8 Å². The molecule has 1 aromatic heterocycles. The van der Waals surface area contributed by atoms with E-state index in [1.54, 1.807) is 24.4 Å². The Labute approximate surface area is 225 Å². The molecule has 198 valence electrons. The van der Waals surface area contributed by atoms with Crippen molar-refractivity contribution in [3.05, 3.63) is 127 Å². The zero-order chi connectivity index (χ0) is 28.1. The predicted octanol–water partition coefficient (Wildman–Crippen LogP) is 10.4. The minimum atomic E-state index is -4.90. The lowest BCUT2D eigenvalue weighted by Crippen LogP contribution is -2.11. The summed E-state index contributed by atoms with van der Waals surface area (Å²) in [7, 11) is 0. The lowest BCUT2D eigenvalue weighted by Gasteiger charge is -2.15. The molecule has 0 aliphatic heterocycles. The Kier molecular flexibility index (Phi) is 6.10.